The maximum absolute atomic E-state index is 5.55. The number of thiocarbonyl (C=S) groups is 1. The summed E-state index contributed by atoms with van der Waals surface area (Å²) in [5.41, 5.74) is 3.78. The van der Waals surface area contributed by atoms with Gasteiger partial charge in [0.25, 0.3) is 0 Å². The van der Waals surface area contributed by atoms with E-state index >= 15 is 0 Å². The molecule has 0 aliphatic carbocycles. The molecule has 2 saturated heterocycles. The summed E-state index contributed by atoms with van der Waals surface area (Å²) in [7, 11) is 0. The lowest BCUT2D eigenvalue weighted by atomic mass is 9.96. The highest BCUT2D eigenvalue weighted by Crippen LogP contribution is 2.23. The molecule has 2 aromatic carbocycles. The summed E-state index contributed by atoms with van der Waals surface area (Å²) in [4.78, 5) is 1.78. The number of hydrogen-bond donors (Lipinski definition) is 3. The van der Waals surface area contributed by atoms with Crippen molar-refractivity contribution in [3.8, 4) is 0 Å². The van der Waals surface area contributed by atoms with Gasteiger partial charge in [0.05, 0.1) is 12.1 Å². The predicted octanol–water partition coefficient (Wildman–Crippen LogP) is 3.06. The summed E-state index contributed by atoms with van der Waals surface area (Å²) in [6.07, 6.45) is 5.13. The zero-order valence-corrected chi connectivity index (χ0v) is 16.2. The van der Waals surface area contributed by atoms with E-state index in [9.17, 15) is 0 Å². The third-order valence-electron chi connectivity index (χ3n) is 5.95. The fourth-order valence-electron chi connectivity index (χ4n) is 4.66. The molecule has 0 spiro atoms. The lowest BCUT2D eigenvalue weighted by Gasteiger charge is -2.36. The molecule has 0 unspecified atom stereocenters. The van der Waals surface area contributed by atoms with Gasteiger partial charge in [-0.1, -0.05) is 48.0 Å². The number of nitrogens with one attached hydrogen (secondary N) is 3. The van der Waals surface area contributed by atoms with Gasteiger partial charge in [-0.25, -0.2) is 0 Å². The Hall–Kier alpha value is -1.91. The van der Waals surface area contributed by atoms with Gasteiger partial charge >= 0.3 is 0 Å². The molecule has 2 bridgehead atoms. The van der Waals surface area contributed by atoms with Gasteiger partial charge in [-0.15, -0.1) is 0 Å². The van der Waals surface area contributed by atoms with Gasteiger partial charge in [0, 0.05) is 43.0 Å². The summed E-state index contributed by atoms with van der Waals surface area (Å²) >= 11 is 5.55. The second kappa shape index (κ2) is 7.77. The molecule has 2 aromatic rings. The van der Waals surface area contributed by atoms with Gasteiger partial charge in [0.15, 0.2) is 5.11 Å². The van der Waals surface area contributed by atoms with Crippen LogP contribution < -0.4 is 15.5 Å². The first-order valence-electron chi connectivity index (χ1n) is 9.71. The summed E-state index contributed by atoms with van der Waals surface area (Å²) in [6, 6.07) is 21.3. The molecule has 4 heteroatoms. The van der Waals surface area contributed by atoms with Crippen molar-refractivity contribution in [1.82, 2.24) is 5.32 Å². The first kappa shape index (κ1) is 17.5. The fourth-order valence-corrected chi connectivity index (χ4v) is 4.94. The zero-order valence-electron chi connectivity index (χ0n) is 15.4. The van der Waals surface area contributed by atoms with Gasteiger partial charge in [-0.2, -0.15) is 0 Å². The maximum Gasteiger partial charge on any atom is 0.171 e. The molecular formula is C22H28N3S+. The Labute approximate surface area is 161 Å². The third-order valence-corrected chi connectivity index (χ3v) is 6.17. The first-order chi connectivity index (χ1) is 12.7. The third kappa shape index (κ3) is 4.08. The number of fused-ring (bicyclic) bond motifs is 2. The predicted molar refractivity (Wildman–Crippen MR) is 111 cm³/mol. The molecule has 2 atom stereocenters. The van der Waals surface area contributed by atoms with E-state index in [4.69, 9.17) is 12.2 Å². The topological polar surface area (TPSA) is 28.5 Å². The van der Waals surface area contributed by atoms with Crippen molar-refractivity contribution in [3.05, 3.63) is 65.7 Å². The smallest absolute Gasteiger partial charge is 0.171 e. The molecule has 2 aliphatic rings. The standard InChI is InChI=1S/C22H27N3S/c1-16-7-9-18(10-8-16)23-22(26)24-19-13-20-11-12-21(14-19)25(20)15-17-5-3-2-4-6-17/h2-10,19-21H,11-15H2,1H3,(H2,23,24,26)/p+1/t20-,21-/m1/s1. The minimum Gasteiger partial charge on any atom is -0.359 e. The largest absolute Gasteiger partial charge is 0.359 e. The van der Waals surface area contributed by atoms with E-state index in [0.717, 1.165) is 29.4 Å². The van der Waals surface area contributed by atoms with Gasteiger partial charge in [0.1, 0.15) is 6.54 Å². The second-order valence-electron chi connectivity index (χ2n) is 7.84. The van der Waals surface area contributed by atoms with Crippen molar-refractivity contribution in [3.63, 3.8) is 0 Å². The average molecular weight is 367 g/mol. The molecule has 26 heavy (non-hydrogen) atoms. The van der Waals surface area contributed by atoms with Crippen LogP contribution in [0.4, 0.5) is 5.69 Å². The Balaban J connectivity index is 1.32. The minimum atomic E-state index is 0.498. The highest BCUT2D eigenvalue weighted by Gasteiger charge is 2.44. The Kier molecular flexibility index (Phi) is 5.23. The molecule has 2 aliphatic heterocycles. The highest BCUT2D eigenvalue weighted by molar-refractivity contribution is 7.80. The number of piperidine rings is 1. The molecule has 2 fully saturated rings. The first-order valence-corrected chi connectivity index (χ1v) is 10.1. The van der Waals surface area contributed by atoms with Gasteiger partial charge < -0.3 is 15.5 Å². The summed E-state index contributed by atoms with van der Waals surface area (Å²) in [5, 5.41) is 7.66. The van der Waals surface area contributed by atoms with Crippen LogP contribution in [0.25, 0.3) is 0 Å². The Morgan fingerprint density at radius 3 is 2.31 bits per heavy atom. The van der Waals surface area contributed by atoms with Crippen LogP contribution in [0.15, 0.2) is 54.6 Å². The summed E-state index contributed by atoms with van der Waals surface area (Å²) < 4.78 is 0. The van der Waals surface area contributed by atoms with E-state index in [0.29, 0.717) is 6.04 Å². The van der Waals surface area contributed by atoms with Crippen LogP contribution >= 0.6 is 12.2 Å². The van der Waals surface area contributed by atoms with Crippen molar-refractivity contribution in [2.75, 3.05) is 5.32 Å². The zero-order chi connectivity index (χ0) is 17.9. The molecule has 136 valence electrons. The van der Waals surface area contributed by atoms with E-state index in [1.165, 1.54) is 36.8 Å². The van der Waals surface area contributed by atoms with Crippen molar-refractivity contribution in [2.24, 2.45) is 0 Å². The van der Waals surface area contributed by atoms with Crippen molar-refractivity contribution < 1.29 is 4.90 Å². The Morgan fingerprint density at radius 2 is 1.65 bits per heavy atom. The molecule has 0 saturated carbocycles. The monoisotopic (exact) mass is 366 g/mol. The van der Waals surface area contributed by atoms with Crippen LogP contribution in [0.2, 0.25) is 0 Å². The highest BCUT2D eigenvalue weighted by atomic mass is 32.1. The van der Waals surface area contributed by atoms with Gasteiger partial charge in [0.2, 0.25) is 0 Å². The lowest BCUT2D eigenvalue weighted by molar-refractivity contribution is -0.954. The summed E-state index contributed by atoms with van der Waals surface area (Å²) in [5.74, 6) is 0. The molecule has 4 rings (SSSR count). The van der Waals surface area contributed by atoms with E-state index in [2.05, 4.69) is 72.2 Å². The normalized spacial score (nSPS) is 27.1. The fraction of sp³-hybridized carbons (Fsp3) is 0.409. The van der Waals surface area contributed by atoms with Crippen molar-refractivity contribution in [1.29, 1.82) is 0 Å². The summed E-state index contributed by atoms with van der Waals surface area (Å²) in [6.45, 7) is 3.26. The van der Waals surface area contributed by atoms with Gasteiger partial charge in [-0.3, -0.25) is 0 Å². The second-order valence-corrected chi connectivity index (χ2v) is 8.25. The van der Waals surface area contributed by atoms with Crippen LogP contribution in [0.5, 0.6) is 0 Å². The lowest BCUT2D eigenvalue weighted by Crippen LogP contribution is -3.17. The van der Waals surface area contributed by atoms with E-state index in [1.54, 1.807) is 4.90 Å². The number of hydrogen-bond acceptors (Lipinski definition) is 1. The van der Waals surface area contributed by atoms with Crippen molar-refractivity contribution >= 4 is 23.0 Å². The molecule has 0 radical (unpaired) electrons. The molecule has 2 heterocycles. The minimum absolute atomic E-state index is 0.498. The van der Waals surface area contributed by atoms with E-state index in [-0.39, 0.29) is 0 Å². The Morgan fingerprint density at radius 1 is 1.00 bits per heavy atom. The molecule has 3 N–H and O–H groups in total. The van der Waals surface area contributed by atoms with E-state index < -0.39 is 0 Å². The SMILES string of the molecule is Cc1ccc(NC(=S)NC2C[C@H]3CC[C@H](C2)[NH+]3Cc2ccccc2)cc1. The average Bonchev–Trinajstić information content (AvgIpc) is 2.87. The van der Waals surface area contributed by atoms with Crippen LogP contribution in [0, 0.1) is 6.92 Å². The number of benzene rings is 2. The van der Waals surface area contributed by atoms with Crippen LogP contribution in [0.3, 0.4) is 0 Å². The molecule has 0 amide bonds. The van der Waals surface area contributed by atoms with Crippen LogP contribution in [0.1, 0.15) is 36.8 Å². The number of aryl methyl sites for hydroxylation is 1. The number of anilines is 1. The molecular weight excluding hydrogens is 338 g/mol. The van der Waals surface area contributed by atoms with Crippen molar-refractivity contribution in [2.45, 2.75) is 57.3 Å². The van der Waals surface area contributed by atoms with Crippen LogP contribution in [-0.2, 0) is 6.54 Å². The number of rotatable bonds is 4. The number of quaternary nitrogens is 1. The molecule has 3 nitrogen and oxygen atoms in total. The van der Waals surface area contributed by atoms with E-state index in [1.807, 2.05) is 0 Å². The van der Waals surface area contributed by atoms with Gasteiger partial charge in [-0.05, 0) is 31.3 Å². The quantitative estimate of drug-likeness (QED) is 0.727. The Bertz CT molecular complexity index is 730. The van der Waals surface area contributed by atoms with Crippen LogP contribution in [-0.4, -0.2) is 23.2 Å². The maximum atomic E-state index is 5.55. The molecule has 0 aromatic heterocycles.